The molecule has 138 valence electrons. The number of nitrogens with zero attached hydrogens (tertiary/aromatic N) is 2. The number of fused-ring (bicyclic) bond motifs is 2. The summed E-state index contributed by atoms with van der Waals surface area (Å²) in [5.74, 6) is 1.52. The number of carbonyl (C=O) groups is 1. The van der Waals surface area contributed by atoms with Crippen molar-refractivity contribution < 1.29 is 9.53 Å². The number of aromatic nitrogens is 1. The topological polar surface area (TPSA) is 63.6 Å². The van der Waals surface area contributed by atoms with Gasteiger partial charge in [0.05, 0.1) is 31.3 Å². The van der Waals surface area contributed by atoms with Gasteiger partial charge in [0.15, 0.2) is 0 Å². The summed E-state index contributed by atoms with van der Waals surface area (Å²) in [5, 5.41) is 3.18. The average molecular weight is 361 g/mol. The van der Waals surface area contributed by atoms with Crippen LogP contribution in [-0.4, -0.2) is 23.2 Å². The lowest BCUT2D eigenvalue weighted by Crippen LogP contribution is -2.30. The number of aliphatic imine (C=N–C) groups is 1. The monoisotopic (exact) mass is 361 g/mol. The normalized spacial score (nSPS) is 20.7. The number of pyridine rings is 1. The Balaban J connectivity index is 1.28. The lowest BCUT2D eigenvalue weighted by molar-refractivity contribution is -0.121. The van der Waals surface area contributed by atoms with Crippen LogP contribution in [0.1, 0.15) is 54.1 Å². The average Bonchev–Trinajstić information content (AvgIpc) is 3.46. The van der Waals surface area contributed by atoms with Gasteiger partial charge >= 0.3 is 0 Å². The summed E-state index contributed by atoms with van der Waals surface area (Å²) >= 11 is 0. The maximum Gasteiger partial charge on any atom is 0.226 e. The molecule has 1 fully saturated rings. The van der Waals surface area contributed by atoms with Gasteiger partial charge in [0.25, 0.3) is 0 Å². The van der Waals surface area contributed by atoms with Gasteiger partial charge in [0, 0.05) is 29.0 Å². The maximum atomic E-state index is 12.7. The van der Waals surface area contributed by atoms with Crippen molar-refractivity contribution in [1.82, 2.24) is 10.3 Å². The predicted molar refractivity (Wildman–Crippen MR) is 103 cm³/mol. The van der Waals surface area contributed by atoms with Gasteiger partial charge in [-0.3, -0.25) is 14.8 Å². The molecule has 2 aliphatic heterocycles. The second-order valence-corrected chi connectivity index (χ2v) is 7.63. The number of rotatable bonds is 4. The van der Waals surface area contributed by atoms with E-state index in [-0.39, 0.29) is 11.9 Å². The van der Waals surface area contributed by atoms with E-state index in [4.69, 9.17) is 4.74 Å². The van der Waals surface area contributed by atoms with Crippen LogP contribution < -0.4 is 10.1 Å². The molecule has 5 heteroatoms. The molecule has 0 radical (unpaired) electrons. The van der Waals surface area contributed by atoms with Crippen LogP contribution >= 0.6 is 0 Å². The molecule has 5 rings (SSSR count). The number of hydrogen-bond acceptors (Lipinski definition) is 4. The zero-order valence-corrected chi connectivity index (χ0v) is 15.3. The summed E-state index contributed by atoms with van der Waals surface area (Å²) in [5.41, 5.74) is 5.51. The number of amides is 1. The van der Waals surface area contributed by atoms with Crippen molar-refractivity contribution in [2.24, 2.45) is 10.9 Å². The Morgan fingerprint density at radius 3 is 3.00 bits per heavy atom. The van der Waals surface area contributed by atoms with Gasteiger partial charge in [0.1, 0.15) is 5.75 Å². The Kier molecular flexibility index (Phi) is 4.15. The minimum Gasteiger partial charge on any atom is -0.493 e. The van der Waals surface area contributed by atoms with E-state index in [0.717, 1.165) is 36.4 Å². The first-order valence-corrected chi connectivity index (χ1v) is 9.81. The fourth-order valence-corrected chi connectivity index (χ4v) is 4.05. The number of benzene rings is 1. The van der Waals surface area contributed by atoms with Gasteiger partial charge in [-0.15, -0.1) is 0 Å². The first-order valence-electron chi connectivity index (χ1n) is 9.81. The van der Waals surface area contributed by atoms with E-state index in [1.165, 1.54) is 29.7 Å². The van der Waals surface area contributed by atoms with E-state index >= 15 is 0 Å². The highest BCUT2D eigenvalue weighted by atomic mass is 16.5. The predicted octanol–water partition coefficient (Wildman–Crippen LogP) is 3.37. The number of nitrogens with one attached hydrogen (secondary N) is 1. The van der Waals surface area contributed by atoms with Gasteiger partial charge in [-0.2, -0.15) is 0 Å². The Hall–Kier alpha value is -2.69. The van der Waals surface area contributed by atoms with Gasteiger partial charge in [-0.1, -0.05) is 18.2 Å². The van der Waals surface area contributed by atoms with Crippen molar-refractivity contribution in [3.8, 4) is 5.75 Å². The second-order valence-electron chi connectivity index (χ2n) is 7.63. The lowest BCUT2D eigenvalue weighted by atomic mass is 10.0. The number of hydrogen-bond donors (Lipinski definition) is 1. The van der Waals surface area contributed by atoms with Crippen LogP contribution in [0.5, 0.6) is 5.75 Å². The molecular formula is C22H23N3O2. The lowest BCUT2D eigenvalue weighted by Gasteiger charge is -2.18. The molecule has 1 N–H and O–H groups in total. The Morgan fingerprint density at radius 2 is 2.11 bits per heavy atom. The van der Waals surface area contributed by atoms with Crippen LogP contribution in [0.2, 0.25) is 0 Å². The molecular weight excluding hydrogens is 338 g/mol. The summed E-state index contributed by atoms with van der Waals surface area (Å²) in [6, 6.07) is 10.0. The molecule has 0 bridgehead atoms. The minimum absolute atomic E-state index is 0.00423. The fourth-order valence-electron chi connectivity index (χ4n) is 4.05. The SMILES string of the molecule is O=C(Cc1cc2c(cn1)C(C1CC1)=NC2)N[C@@H]1CCCOc2ccccc21. The van der Waals surface area contributed by atoms with Crippen molar-refractivity contribution in [2.45, 2.75) is 44.7 Å². The highest BCUT2D eigenvalue weighted by Gasteiger charge is 2.32. The first-order chi connectivity index (χ1) is 13.3. The molecule has 1 atom stereocenters. The van der Waals surface area contributed by atoms with E-state index < -0.39 is 0 Å². The smallest absolute Gasteiger partial charge is 0.226 e. The van der Waals surface area contributed by atoms with E-state index in [0.29, 0.717) is 18.9 Å². The summed E-state index contributed by atoms with van der Waals surface area (Å²) in [6.45, 7) is 1.42. The van der Waals surface area contributed by atoms with Crippen molar-refractivity contribution in [3.63, 3.8) is 0 Å². The molecule has 0 spiro atoms. The number of carbonyl (C=O) groups excluding carboxylic acids is 1. The first kappa shape index (κ1) is 16.5. The maximum absolute atomic E-state index is 12.7. The van der Waals surface area contributed by atoms with Crippen molar-refractivity contribution >= 4 is 11.6 Å². The van der Waals surface area contributed by atoms with Gasteiger partial charge in [-0.25, -0.2) is 0 Å². The number of para-hydroxylation sites is 1. The molecule has 3 heterocycles. The summed E-state index contributed by atoms with van der Waals surface area (Å²) < 4.78 is 5.79. The fraction of sp³-hybridized carbons (Fsp3) is 0.409. The quantitative estimate of drug-likeness (QED) is 0.908. The van der Waals surface area contributed by atoms with Gasteiger partial charge < -0.3 is 10.1 Å². The third-order valence-electron chi connectivity index (χ3n) is 5.57. The summed E-state index contributed by atoms with van der Waals surface area (Å²) in [7, 11) is 0. The van der Waals surface area contributed by atoms with Crippen LogP contribution in [0.15, 0.2) is 41.5 Å². The van der Waals surface area contributed by atoms with Crippen LogP contribution in [0.4, 0.5) is 0 Å². The Morgan fingerprint density at radius 1 is 1.22 bits per heavy atom. The van der Waals surface area contributed by atoms with Crippen LogP contribution in [-0.2, 0) is 17.8 Å². The Labute approximate surface area is 158 Å². The minimum atomic E-state index is -0.00423. The van der Waals surface area contributed by atoms with Crippen LogP contribution in [0.25, 0.3) is 0 Å². The van der Waals surface area contributed by atoms with E-state index in [2.05, 4.69) is 21.4 Å². The highest BCUT2D eigenvalue weighted by molar-refractivity contribution is 6.06. The van der Waals surface area contributed by atoms with E-state index in [1.807, 2.05) is 30.5 Å². The van der Waals surface area contributed by atoms with E-state index in [9.17, 15) is 4.79 Å². The molecule has 1 amide bonds. The van der Waals surface area contributed by atoms with Crippen LogP contribution in [0, 0.1) is 5.92 Å². The zero-order valence-electron chi connectivity index (χ0n) is 15.3. The van der Waals surface area contributed by atoms with Gasteiger partial charge in [-0.05, 0) is 43.4 Å². The zero-order chi connectivity index (χ0) is 18.2. The van der Waals surface area contributed by atoms with E-state index in [1.54, 1.807) is 0 Å². The van der Waals surface area contributed by atoms with Crippen molar-refractivity contribution in [3.05, 3.63) is 58.9 Å². The molecule has 3 aliphatic rings. The molecule has 1 aromatic heterocycles. The van der Waals surface area contributed by atoms with Crippen molar-refractivity contribution in [2.75, 3.05) is 6.61 Å². The third-order valence-corrected chi connectivity index (χ3v) is 5.57. The molecule has 2 aromatic rings. The number of ether oxygens (including phenoxy) is 1. The molecule has 27 heavy (non-hydrogen) atoms. The summed E-state index contributed by atoms with van der Waals surface area (Å²) in [4.78, 5) is 21.9. The molecule has 5 nitrogen and oxygen atoms in total. The third kappa shape index (κ3) is 3.34. The molecule has 1 aromatic carbocycles. The Bertz CT molecular complexity index is 918. The van der Waals surface area contributed by atoms with Crippen molar-refractivity contribution in [1.29, 1.82) is 0 Å². The van der Waals surface area contributed by atoms with Crippen LogP contribution in [0.3, 0.4) is 0 Å². The largest absolute Gasteiger partial charge is 0.493 e. The molecule has 0 saturated heterocycles. The molecule has 1 aliphatic carbocycles. The standard InChI is InChI=1S/C22H23N3O2/c26-21(25-19-5-3-9-27-20-6-2-1-4-17(19)20)11-16-10-15-12-24-22(14-7-8-14)18(15)13-23-16/h1-2,4,6,10,13-14,19H,3,5,7-9,11-12H2,(H,25,26)/t19-/m1/s1. The summed E-state index contributed by atoms with van der Waals surface area (Å²) in [6.07, 6.45) is 6.52. The molecule has 0 unspecified atom stereocenters. The highest BCUT2D eigenvalue weighted by Crippen LogP contribution is 2.37. The van der Waals surface area contributed by atoms with Gasteiger partial charge in [0.2, 0.25) is 5.91 Å². The second kappa shape index (κ2) is 6.80. The molecule has 1 saturated carbocycles.